The number of benzene rings is 2. The zero-order valence-electron chi connectivity index (χ0n) is 16.2. The molecular weight excluding hydrogens is 372 g/mol. The number of amides is 2. The van der Waals surface area contributed by atoms with Crippen LogP contribution in [0.3, 0.4) is 0 Å². The highest BCUT2D eigenvalue weighted by molar-refractivity contribution is 5.89. The number of nitrogens with one attached hydrogen (secondary N) is 2. The highest BCUT2D eigenvalue weighted by atomic mass is 16.5. The number of ether oxygens (including phenoxy) is 1. The minimum atomic E-state index is -1.15. The quantitative estimate of drug-likeness (QED) is 0.572. The summed E-state index contributed by atoms with van der Waals surface area (Å²) in [7, 11) is 0. The number of aliphatic carboxylic acids is 1. The van der Waals surface area contributed by atoms with Gasteiger partial charge in [0.2, 0.25) is 5.91 Å². The van der Waals surface area contributed by atoms with Gasteiger partial charge < -0.3 is 20.5 Å². The lowest BCUT2D eigenvalue weighted by atomic mass is 10.0. The molecule has 7 heteroatoms. The molecule has 0 fully saturated rings. The Labute approximate surface area is 170 Å². The summed E-state index contributed by atoms with van der Waals surface area (Å²) >= 11 is 0. The molecule has 1 radical (unpaired) electrons. The molecule has 2 rings (SSSR count). The summed E-state index contributed by atoms with van der Waals surface area (Å²) in [5, 5.41) is 14.5. The van der Waals surface area contributed by atoms with Gasteiger partial charge in [0.15, 0.2) is 0 Å². The Morgan fingerprint density at radius 2 is 1.52 bits per heavy atom. The lowest BCUT2D eigenvalue weighted by Crippen LogP contribution is -2.52. The van der Waals surface area contributed by atoms with Gasteiger partial charge in [-0.1, -0.05) is 67.6 Å². The van der Waals surface area contributed by atoms with E-state index in [4.69, 9.17) is 4.74 Å². The molecule has 0 heterocycles. The third kappa shape index (κ3) is 7.65. The maximum atomic E-state index is 12.6. The van der Waals surface area contributed by atoms with Crippen molar-refractivity contribution < 1.29 is 24.2 Å². The first kappa shape index (κ1) is 21.9. The summed E-state index contributed by atoms with van der Waals surface area (Å²) < 4.78 is 5.14. The lowest BCUT2D eigenvalue weighted by molar-refractivity contribution is -0.142. The summed E-state index contributed by atoms with van der Waals surface area (Å²) in [5.41, 5.74) is 1.61. The van der Waals surface area contributed by atoms with Crippen LogP contribution in [0.25, 0.3) is 0 Å². The summed E-state index contributed by atoms with van der Waals surface area (Å²) in [6, 6.07) is 16.1. The number of hydrogen-bond acceptors (Lipinski definition) is 4. The molecule has 2 aromatic rings. The van der Waals surface area contributed by atoms with Gasteiger partial charge in [-0.15, -0.1) is 0 Å². The molecule has 2 atom stereocenters. The summed E-state index contributed by atoms with van der Waals surface area (Å²) in [4.78, 5) is 36.2. The third-order valence-corrected chi connectivity index (χ3v) is 4.19. The summed E-state index contributed by atoms with van der Waals surface area (Å²) in [6.07, 6.45) is 1.35. The number of carboxylic acids is 1. The number of carboxylic acid groups (broad SMARTS) is 1. The Balaban J connectivity index is 1.93. The molecule has 29 heavy (non-hydrogen) atoms. The highest BCUT2D eigenvalue weighted by Gasteiger charge is 2.26. The van der Waals surface area contributed by atoms with Gasteiger partial charge in [-0.25, -0.2) is 9.59 Å². The van der Waals surface area contributed by atoms with Gasteiger partial charge in [0.25, 0.3) is 0 Å². The van der Waals surface area contributed by atoms with E-state index in [1.54, 1.807) is 37.6 Å². The molecule has 2 aromatic carbocycles. The predicted molar refractivity (Wildman–Crippen MR) is 108 cm³/mol. The van der Waals surface area contributed by atoms with Crippen molar-refractivity contribution in [2.75, 3.05) is 0 Å². The molecule has 2 unspecified atom stereocenters. The van der Waals surface area contributed by atoms with Crippen LogP contribution in [0, 0.1) is 6.42 Å². The fraction of sp³-hybridized carbons (Fsp3) is 0.273. The van der Waals surface area contributed by atoms with E-state index in [1.165, 1.54) is 0 Å². The molecule has 0 saturated heterocycles. The number of carbonyl (C=O) groups excluding carboxylic acids is 2. The van der Waals surface area contributed by atoms with Gasteiger partial charge >= 0.3 is 12.1 Å². The molecular formula is C22H25N2O5. The van der Waals surface area contributed by atoms with Gasteiger partial charge in [0.05, 0.1) is 0 Å². The van der Waals surface area contributed by atoms with E-state index in [1.807, 2.05) is 36.4 Å². The van der Waals surface area contributed by atoms with Crippen LogP contribution >= 0.6 is 0 Å². The van der Waals surface area contributed by atoms with E-state index >= 15 is 0 Å². The first-order valence-corrected chi connectivity index (χ1v) is 9.31. The highest BCUT2D eigenvalue weighted by Crippen LogP contribution is 2.06. The largest absolute Gasteiger partial charge is 0.480 e. The standard InChI is InChI=1S/C22H25N2O5/c1-2-9-18(24-22(28)29-15-17-12-7-4-8-13-17)20(25)23-19(21(26)27)14-16-10-5-3-6-11-16/h2-8,10-13,18-19H,9,14-15H2,1H3,(H,23,25)(H,24,28)(H,26,27). The van der Waals surface area contributed by atoms with E-state index in [0.29, 0.717) is 0 Å². The van der Waals surface area contributed by atoms with Gasteiger partial charge in [-0.05, 0) is 24.0 Å². The molecule has 2 amide bonds. The van der Waals surface area contributed by atoms with Crippen LogP contribution in [-0.4, -0.2) is 35.2 Å². The average molecular weight is 397 g/mol. The Morgan fingerprint density at radius 1 is 0.931 bits per heavy atom. The van der Waals surface area contributed by atoms with Gasteiger partial charge in [0.1, 0.15) is 18.7 Å². The number of hydrogen-bond donors (Lipinski definition) is 3. The van der Waals surface area contributed by atoms with Crippen molar-refractivity contribution in [3.05, 3.63) is 78.2 Å². The summed E-state index contributed by atoms with van der Waals surface area (Å²) in [5.74, 6) is -1.73. The van der Waals surface area contributed by atoms with E-state index in [-0.39, 0.29) is 19.4 Å². The Kier molecular flexibility index (Phi) is 8.69. The molecule has 0 aliphatic rings. The predicted octanol–water partition coefficient (Wildman–Crippen LogP) is 2.71. The number of carbonyl (C=O) groups is 3. The van der Waals surface area contributed by atoms with E-state index in [9.17, 15) is 19.5 Å². The molecule has 0 aliphatic carbocycles. The second-order valence-corrected chi connectivity index (χ2v) is 6.49. The van der Waals surface area contributed by atoms with Crippen molar-refractivity contribution in [2.45, 2.75) is 38.5 Å². The fourth-order valence-corrected chi connectivity index (χ4v) is 2.70. The maximum Gasteiger partial charge on any atom is 0.408 e. The third-order valence-electron chi connectivity index (χ3n) is 4.19. The molecule has 7 nitrogen and oxygen atoms in total. The Morgan fingerprint density at radius 3 is 2.07 bits per heavy atom. The Bertz CT molecular complexity index is 795. The fourth-order valence-electron chi connectivity index (χ4n) is 2.70. The van der Waals surface area contributed by atoms with Crippen LogP contribution in [0.15, 0.2) is 60.7 Å². The Hall–Kier alpha value is -3.35. The molecule has 3 N–H and O–H groups in total. The molecule has 0 bridgehead atoms. The average Bonchev–Trinajstić information content (AvgIpc) is 2.73. The van der Waals surface area contributed by atoms with Gasteiger partial charge in [0, 0.05) is 6.42 Å². The molecule has 0 aromatic heterocycles. The van der Waals surface area contributed by atoms with Crippen LogP contribution in [0.4, 0.5) is 4.79 Å². The topological polar surface area (TPSA) is 105 Å². The van der Waals surface area contributed by atoms with Crippen molar-refractivity contribution in [1.82, 2.24) is 10.6 Å². The van der Waals surface area contributed by atoms with Crippen LogP contribution in [-0.2, 0) is 27.4 Å². The van der Waals surface area contributed by atoms with Crippen molar-refractivity contribution in [3.63, 3.8) is 0 Å². The van der Waals surface area contributed by atoms with E-state index < -0.39 is 30.1 Å². The van der Waals surface area contributed by atoms with Crippen LogP contribution in [0.2, 0.25) is 0 Å². The number of alkyl carbamates (subject to hydrolysis) is 1. The van der Waals surface area contributed by atoms with Crippen molar-refractivity contribution in [2.24, 2.45) is 0 Å². The van der Waals surface area contributed by atoms with Crippen LogP contribution in [0.5, 0.6) is 0 Å². The number of rotatable bonds is 10. The van der Waals surface area contributed by atoms with Gasteiger partial charge in [-0.2, -0.15) is 0 Å². The zero-order valence-corrected chi connectivity index (χ0v) is 16.2. The van der Waals surface area contributed by atoms with Crippen molar-refractivity contribution >= 4 is 18.0 Å². The second kappa shape index (κ2) is 11.5. The van der Waals surface area contributed by atoms with Gasteiger partial charge in [-0.3, -0.25) is 4.79 Å². The first-order valence-electron chi connectivity index (χ1n) is 9.31. The van der Waals surface area contributed by atoms with E-state index in [2.05, 4.69) is 10.6 Å². The lowest BCUT2D eigenvalue weighted by Gasteiger charge is -2.21. The molecule has 153 valence electrons. The minimum Gasteiger partial charge on any atom is -0.480 e. The van der Waals surface area contributed by atoms with Crippen molar-refractivity contribution in [3.8, 4) is 0 Å². The zero-order chi connectivity index (χ0) is 21.1. The van der Waals surface area contributed by atoms with E-state index in [0.717, 1.165) is 11.1 Å². The SMILES string of the molecule is C[CH]CC(NC(=O)OCc1ccccc1)C(=O)NC(Cc1ccccc1)C(=O)O. The summed E-state index contributed by atoms with van der Waals surface area (Å²) in [6.45, 7) is 1.82. The van der Waals surface area contributed by atoms with Crippen LogP contribution < -0.4 is 10.6 Å². The molecule has 0 saturated carbocycles. The minimum absolute atomic E-state index is 0.0720. The molecule has 0 aliphatic heterocycles. The normalized spacial score (nSPS) is 12.4. The van der Waals surface area contributed by atoms with Crippen molar-refractivity contribution in [1.29, 1.82) is 0 Å². The smallest absolute Gasteiger partial charge is 0.408 e. The monoisotopic (exact) mass is 397 g/mol. The molecule has 0 spiro atoms. The second-order valence-electron chi connectivity index (χ2n) is 6.49. The maximum absolute atomic E-state index is 12.6. The van der Waals surface area contributed by atoms with Crippen LogP contribution in [0.1, 0.15) is 24.5 Å². The first-order chi connectivity index (χ1) is 14.0.